The van der Waals surface area contributed by atoms with Gasteiger partial charge in [0, 0.05) is 12.1 Å². The van der Waals surface area contributed by atoms with Gasteiger partial charge in [-0.25, -0.2) is 4.79 Å². The Morgan fingerprint density at radius 3 is 2.26 bits per heavy atom. The van der Waals surface area contributed by atoms with Gasteiger partial charge in [0.15, 0.2) is 0 Å². The Labute approximate surface area is 111 Å². The van der Waals surface area contributed by atoms with Crippen LogP contribution in [0.15, 0.2) is 24.3 Å². The van der Waals surface area contributed by atoms with Crippen LogP contribution < -0.4 is 5.73 Å². The average Bonchev–Trinajstić information content (AvgIpc) is 2.27. The highest BCUT2D eigenvalue weighted by Crippen LogP contribution is 2.16. The number of hydroxylamine groups is 2. The first kappa shape index (κ1) is 14.9. The summed E-state index contributed by atoms with van der Waals surface area (Å²) in [4.78, 5) is 26.7. The molecule has 0 heterocycles. The lowest BCUT2D eigenvalue weighted by Gasteiger charge is -2.28. The SMILES string of the molecule is CC(C)(C)ON(Cc1ccc([N+](=O)[O-])cc1)C(N)=O. The van der Waals surface area contributed by atoms with Crippen molar-refractivity contribution >= 4 is 11.7 Å². The molecule has 0 bridgehead atoms. The van der Waals surface area contributed by atoms with Gasteiger partial charge in [0.05, 0.1) is 17.1 Å². The third-order valence-electron chi connectivity index (χ3n) is 2.10. The van der Waals surface area contributed by atoms with Crippen molar-refractivity contribution in [2.45, 2.75) is 32.9 Å². The summed E-state index contributed by atoms with van der Waals surface area (Å²) < 4.78 is 0. The highest BCUT2D eigenvalue weighted by Gasteiger charge is 2.20. The second kappa shape index (κ2) is 5.66. The zero-order chi connectivity index (χ0) is 14.6. The number of carbonyl (C=O) groups excluding carboxylic acids is 1. The third-order valence-corrected chi connectivity index (χ3v) is 2.10. The molecule has 19 heavy (non-hydrogen) atoms. The predicted octanol–water partition coefficient (Wildman–Crippen LogP) is 2.21. The van der Waals surface area contributed by atoms with Crippen LogP contribution in [0.2, 0.25) is 0 Å². The number of rotatable bonds is 4. The van der Waals surface area contributed by atoms with E-state index in [1.807, 2.05) is 0 Å². The van der Waals surface area contributed by atoms with Crippen molar-refractivity contribution in [3.63, 3.8) is 0 Å². The number of amides is 2. The van der Waals surface area contributed by atoms with Gasteiger partial charge in [-0.2, -0.15) is 5.06 Å². The molecule has 0 atom stereocenters. The van der Waals surface area contributed by atoms with E-state index >= 15 is 0 Å². The topological polar surface area (TPSA) is 98.7 Å². The maximum Gasteiger partial charge on any atom is 0.339 e. The summed E-state index contributed by atoms with van der Waals surface area (Å²) in [7, 11) is 0. The Bertz CT molecular complexity index is 465. The molecule has 1 aromatic carbocycles. The molecular weight excluding hydrogens is 250 g/mol. The van der Waals surface area contributed by atoms with Crippen LogP contribution in [0.4, 0.5) is 10.5 Å². The molecule has 1 rings (SSSR count). The molecule has 104 valence electrons. The fourth-order valence-corrected chi connectivity index (χ4v) is 1.37. The maximum atomic E-state index is 11.3. The number of non-ortho nitro benzene ring substituents is 1. The number of benzene rings is 1. The summed E-state index contributed by atoms with van der Waals surface area (Å²) in [6, 6.07) is 5.13. The second-order valence-corrected chi connectivity index (χ2v) is 5.00. The molecule has 0 aliphatic heterocycles. The number of urea groups is 1. The van der Waals surface area contributed by atoms with Crippen LogP contribution >= 0.6 is 0 Å². The van der Waals surface area contributed by atoms with E-state index in [-0.39, 0.29) is 12.2 Å². The number of nitrogens with two attached hydrogens (primary N) is 1. The van der Waals surface area contributed by atoms with Crippen molar-refractivity contribution in [3.05, 3.63) is 39.9 Å². The summed E-state index contributed by atoms with van der Waals surface area (Å²) in [5.74, 6) is 0. The molecule has 0 fully saturated rings. The van der Waals surface area contributed by atoms with Crippen molar-refractivity contribution in [2.24, 2.45) is 5.73 Å². The Morgan fingerprint density at radius 2 is 1.89 bits per heavy atom. The van der Waals surface area contributed by atoms with Crippen molar-refractivity contribution in [1.82, 2.24) is 5.06 Å². The number of nitro groups is 1. The first-order valence-corrected chi connectivity index (χ1v) is 5.68. The first-order chi connectivity index (χ1) is 8.69. The van der Waals surface area contributed by atoms with Crippen LogP contribution in [0.25, 0.3) is 0 Å². The standard InChI is InChI=1S/C12H17N3O4/c1-12(2,3)19-14(11(13)16)8-9-4-6-10(7-5-9)15(17)18/h4-7H,8H2,1-3H3,(H2,13,16). The normalized spacial score (nSPS) is 11.1. The first-order valence-electron chi connectivity index (χ1n) is 5.68. The van der Waals surface area contributed by atoms with E-state index in [1.54, 1.807) is 32.9 Å². The molecule has 7 nitrogen and oxygen atoms in total. The summed E-state index contributed by atoms with van der Waals surface area (Å²) in [6.45, 7) is 5.50. The van der Waals surface area contributed by atoms with E-state index in [0.717, 1.165) is 5.06 Å². The van der Waals surface area contributed by atoms with Crippen LogP contribution in [0.3, 0.4) is 0 Å². The van der Waals surface area contributed by atoms with Crippen LogP contribution in [0, 0.1) is 10.1 Å². The summed E-state index contributed by atoms with van der Waals surface area (Å²) in [6.07, 6.45) is 0. The Hall–Kier alpha value is -2.15. The molecule has 1 aromatic rings. The van der Waals surface area contributed by atoms with Gasteiger partial charge in [0.1, 0.15) is 0 Å². The van der Waals surface area contributed by atoms with Crippen molar-refractivity contribution < 1.29 is 14.6 Å². The van der Waals surface area contributed by atoms with Crippen LogP contribution in [-0.4, -0.2) is 21.6 Å². The van der Waals surface area contributed by atoms with Crippen LogP contribution in [0.1, 0.15) is 26.3 Å². The molecule has 0 radical (unpaired) electrons. The Morgan fingerprint density at radius 1 is 1.37 bits per heavy atom. The smallest absolute Gasteiger partial charge is 0.339 e. The average molecular weight is 267 g/mol. The molecule has 0 unspecified atom stereocenters. The van der Waals surface area contributed by atoms with E-state index in [4.69, 9.17) is 10.6 Å². The zero-order valence-electron chi connectivity index (χ0n) is 11.1. The lowest BCUT2D eigenvalue weighted by molar-refractivity contribution is -0.384. The fraction of sp³-hybridized carbons (Fsp3) is 0.417. The van der Waals surface area contributed by atoms with Crippen molar-refractivity contribution in [1.29, 1.82) is 0 Å². The van der Waals surface area contributed by atoms with Crippen LogP contribution in [-0.2, 0) is 11.4 Å². The number of primary amides is 1. The Balaban J connectivity index is 2.79. The van der Waals surface area contributed by atoms with Gasteiger partial charge in [0.25, 0.3) is 5.69 Å². The number of hydrogen-bond donors (Lipinski definition) is 1. The summed E-state index contributed by atoms with van der Waals surface area (Å²) >= 11 is 0. The minimum Gasteiger partial charge on any atom is -0.350 e. The van der Waals surface area contributed by atoms with E-state index in [9.17, 15) is 14.9 Å². The minimum atomic E-state index is -0.715. The second-order valence-electron chi connectivity index (χ2n) is 5.00. The summed E-state index contributed by atoms with van der Waals surface area (Å²) in [5.41, 5.74) is 5.34. The zero-order valence-corrected chi connectivity index (χ0v) is 11.1. The molecule has 2 amide bonds. The minimum absolute atomic E-state index is 0.00823. The lowest BCUT2D eigenvalue weighted by atomic mass is 10.2. The van der Waals surface area contributed by atoms with Gasteiger partial charge in [0.2, 0.25) is 0 Å². The van der Waals surface area contributed by atoms with Crippen LogP contribution in [0.5, 0.6) is 0 Å². The number of hydrogen-bond acceptors (Lipinski definition) is 4. The van der Waals surface area contributed by atoms with E-state index in [2.05, 4.69) is 0 Å². The van der Waals surface area contributed by atoms with Crippen molar-refractivity contribution in [3.8, 4) is 0 Å². The molecule has 0 spiro atoms. The van der Waals surface area contributed by atoms with E-state index in [0.29, 0.717) is 5.56 Å². The van der Waals surface area contributed by atoms with Crippen molar-refractivity contribution in [2.75, 3.05) is 0 Å². The van der Waals surface area contributed by atoms with E-state index in [1.165, 1.54) is 12.1 Å². The van der Waals surface area contributed by atoms with E-state index < -0.39 is 16.6 Å². The van der Waals surface area contributed by atoms with Gasteiger partial charge in [-0.15, -0.1) is 0 Å². The third kappa shape index (κ3) is 4.92. The number of nitro benzene ring substituents is 1. The number of carbonyl (C=O) groups is 1. The largest absolute Gasteiger partial charge is 0.350 e. The van der Waals surface area contributed by atoms with Gasteiger partial charge in [-0.05, 0) is 26.3 Å². The highest BCUT2D eigenvalue weighted by molar-refractivity contribution is 5.70. The molecule has 0 saturated carbocycles. The summed E-state index contributed by atoms with van der Waals surface area (Å²) in [5, 5.41) is 11.6. The molecule has 2 N–H and O–H groups in total. The predicted molar refractivity (Wildman–Crippen MR) is 69.1 cm³/mol. The molecule has 7 heteroatoms. The van der Waals surface area contributed by atoms with Gasteiger partial charge >= 0.3 is 6.03 Å². The molecule has 0 aliphatic rings. The van der Waals surface area contributed by atoms with Gasteiger partial charge in [-0.3, -0.25) is 15.0 Å². The number of nitrogens with zero attached hydrogens (tertiary/aromatic N) is 2. The lowest BCUT2D eigenvalue weighted by Crippen LogP contribution is -2.41. The van der Waals surface area contributed by atoms with Gasteiger partial charge < -0.3 is 5.73 Å². The molecular formula is C12H17N3O4. The monoisotopic (exact) mass is 267 g/mol. The Kier molecular flexibility index (Phi) is 4.44. The molecule has 0 saturated heterocycles. The molecule has 0 aromatic heterocycles. The highest BCUT2D eigenvalue weighted by atomic mass is 16.7. The quantitative estimate of drug-likeness (QED) is 0.667. The fourth-order valence-electron chi connectivity index (χ4n) is 1.37. The van der Waals surface area contributed by atoms with Gasteiger partial charge in [-0.1, -0.05) is 12.1 Å². The molecule has 0 aliphatic carbocycles. The maximum absolute atomic E-state index is 11.3.